The normalized spacial score (nSPS) is 32.9. The first-order chi connectivity index (χ1) is 22.7. The number of amides is 2. The topological polar surface area (TPSA) is 61.4 Å². The van der Waals surface area contributed by atoms with E-state index in [1.807, 2.05) is 24.1 Å². The van der Waals surface area contributed by atoms with Crippen molar-refractivity contribution in [3.8, 4) is 0 Å². The van der Waals surface area contributed by atoms with Crippen LogP contribution in [0.15, 0.2) is 84.9 Å². The summed E-state index contributed by atoms with van der Waals surface area (Å²) in [5, 5.41) is 6.96. The van der Waals surface area contributed by atoms with E-state index < -0.39 is 0 Å². The molecule has 2 heterocycles. The molecule has 0 aromatic heterocycles. The van der Waals surface area contributed by atoms with Crippen molar-refractivity contribution in [2.24, 2.45) is 34.5 Å². The number of hydrogen-bond donors (Lipinski definition) is 2. The van der Waals surface area contributed by atoms with Gasteiger partial charge < -0.3 is 15.5 Å². The molecular formula is C42H49N3O2. The maximum atomic E-state index is 13.7. The van der Waals surface area contributed by atoms with Crippen LogP contribution in [0.1, 0.15) is 85.3 Å². The molecule has 3 saturated carbocycles. The quantitative estimate of drug-likeness (QED) is 0.306. The van der Waals surface area contributed by atoms with Crippen LogP contribution >= 0.6 is 0 Å². The van der Waals surface area contributed by atoms with E-state index in [9.17, 15) is 9.59 Å². The molecule has 5 aliphatic rings. The molecule has 0 saturated heterocycles. The summed E-state index contributed by atoms with van der Waals surface area (Å²) in [5.74, 6) is 3.02. The lowest BCUT2D eigenvalue weighted by Gasteiger charge is -2.60. The van der Waals surface area contributed by atoms with Crippen LogP contribution in [0.5, 0.6) is 0 Å². The average Bonchev–Trinajstić information content (AvgIpc) is 3.41. The number of anilines is 2. The second-order valence-corrected chi connectivity index (χ2v) is 15.9. The van der Waals surface area contributed by atoms with Crippen LogP contribution in [0.2, 0.25) is 0 Å². The highest BCUT2D eigenvalue weighted by atomic mass is 16.2. The van der Waals surface area contributed by atoms with Crippen molar-refractivity contribution in [1.82, 2.24) is 10.2 Å². The maximum absolute atomic E-state index is 13.7. The highest BCUT2D eigenvalue weighted by Gasteiger charge is 2.60. The van der Waals surface area contributed by atoms with Crippen molar-refractivity contribution in [1.29, 1.82) is 0 Å². The Bertz CT molecular complexity index is 1680. The fourth-order valence-corrected chi connectivity index (χ4v) is 11.0. The van der Waals surface area contributed by atoms with Gasteiger partial charge in [-0.05, 0) is 146 Å². The first-order valence-corrected chi connectivity index (χ1v) is 18.0. The fraction of sp³-hybridized carbons (Fsp3) is 0.476. The number of benzene rings is 3. The molecule has 3 aliphatic carbocycles. The second-order valence-electron chi connectivity index (χ2n) is 15.9. The molecule has 0 spiro atoms. The summed E-state index contributed by atoms with van der Waals surface area (Å²) >= 11 is 0. The van der Waals surface area contributed by atoms with Gasteiger partial charge in [0.1, 0.15) is 0 Å². The SMILES string of the molecule is CN1C(=O)C=C[C@]2(C)[C@H]3CC[C@]4(C)[C@@H](CNC(=O)c5cccc(C6Cc7cccc(c7)Nc7cccc(c7)C6)c5)CC[C@H]4[C@@H]3CC[C@@H]12. The van der Waals surface area contributed by atoms with Crippen LogP contribution in [-0.4, -0.2) is 36.3 Å². The molecule has 5 nitrogen and oxygen atoms in total. The molecule has 4 bridgehead atoms. The zero-order valence-electron chi connectivity index (χ0n) is 28.2. The molecule has 5 heteroatoms. The van der Waals surface area contributed by atoms with E-state index in [1.54, 1.807) is 0 Å². The number of nitrogens with one attached hydrogen (secondary N) is 2. The van der Waals surface area contributed by atoms with Gasteiger partial charge >= 0.3 is 0 Å². The summed E-state index contributed by atoms with van der Waals surface area (Å²) in [4.78, 5) is 28.2. The highest BCUT2D eigenvalue weighted by Crippen LogP contribution is 2.65. The first-order valence-electron chi connectivity index (χ1n) is 18.0. The summed E-state index contributed by atoms with van der Waals surface area (Å²) in [7, 11) is 2.00. The smallest absolute Gasteiger partial charge is 0.251 e. The number of carbonyl (C=O) groups excluding carboxylic acids is 2. The van der Waals surface area contributed by atoms with Crippen molar-refractivity contribution >= 4 is 23.2 Å². The molecule has 3 aromatic carbocycles. The Morgan fingerprint density at radius 3 is 2.34 bits per heavy atom. The van der Waals surface area contributed by atoms with Gasteiger partial charge in [0.2, 0.25) is 5.91 Å². The molecule has 2 aliphatic heterocycles. The Balaban J connectivity index is 0.964. The lowest BCUT2D eigenvalue weighted by Crippen LogP contribution is -2.59. The van der Waals surface area contributed by atoms with Crippen LogP contribution in [-0.2, 0) is 17.6 Å². The minimum absolute atomic E-state index is 0.0497. The summed E-state index contributed by atoms with van der Waals surface area (Å²) in [5.41, 5.74) is 7.16. The Labute approximate surface area is 280 Å². The lowest BCUT2D eigenvalue weighted by molar-refractivity contribution is -0.138. The van der Waals surface area contributed by atoms with Gasteiger partial charge in [0, 0.05) is 42.0 Å². The maximum Gasteiger partial charge on any atom is 0.251 e. The van der Waals surface area contributed by atoms with Crippen molar-refractivity contribution in [2.75, 3.05) is 18.9 Å². The van der Waals surface area contributed by atoms with Gasteiger partial charge in [-0.3, -0.25) is 9.59 Å². The second kappa shape index (κ2) is 11.7. The van der Waals surface area contributed by atoms with Gasteiger partial charge in [-0.2, -0.15) is 0 Å². The molecule has 0 radical (unpaired) electrons. The Morgan fingerprint density at radius 1 is 0.872 bits per heavy atom. The average molecular weight is 628 g/mol. The Hall–Kier alpha value is -3.86. The van der Waals surface area contributed by atoms with Gasteiger partial charge in [0.15, 0.2) is 0 Å². The number of hydrogen-bond acceptors (Lipinski definition) is 3. The number of nitrogens with zero attached hydrogens (tertiary/aromatic N) is 1. The zero-order valence-corrected chi connectivity index (χ0v) is 28.2. The molecule has 3 fully saturated rings. The number of carbonyl (C=O) groups is 2. The van der Waals surface area contributed by atoms with Gasteiger partial charge in [-0.25, -0.2) is 0 Å². The van der Waals surface area contributed by atoms with E-state index in [4.69, 9.17) is 0 Å². The third-order valence-corrected chi connectivity index (χ3v) is 13.6. The molecule has 2 N–H and O–H groups in total. The summed E-state index contributed by atoms with van der Waals surface area (Å²) in [6.07, 6.45) is 13.1. The lowest BCUT2D eigenvalue weighted by atomic mass is 9.47. The molecule has 7 atom stereocenters. The zero-order chi connectivity index (χ0) is 32.3. The largest absolute Gasteiger partial charge is 0.356 e. The molecule has 2 amide bonds. The highest BCUT2D eigenvalue weighted by molar-refractivity contribution is 5.94. The van der Waals surface area contributed by atoms with Gasteiger partial charge in [-0.1, -0.05) is 56.3 Å². The minimum atomic E-state index is 0.0497. The van der Waals surface area contributed by atoms with Gasteiger partial charge in [-0.15, -0.1) is 0 Å². The van der Waals surface area contributed by atoms with E-state index in [0.29, 0.717) is 29.7 Å². The summed E-state index contributed by atoms with van der Waals surface area (Å²) in [6.45, 7) is 5.70. The van der Waals surface area contributed by atoms with Crippen molar-refractivity contribution in [3.63, 3.8) is 0 Å². The Kier molecular flexibility index (Phi) is 7.57. The molecule has 244 valence electrons. The van der Waals surface area contributed by atoms with Gasteiger partial charge in [0.05, 0.1) is 0 Å². The molecule has 47 heavy (non-hydrogen) atoms. The molecule has 3 aromatic rings. The fourth-order valence-electron chi connectivity index (χ4n) is 11.0. The van der Waals surface area contributed by atoms with E-state index in [2.05, 4.69) is 97.3 Å². The van der Waals surface area contributed by atoms with E-state index in [-0.39, 0.29) is 28.6 Å². The summed E-state index contributed by atoms with van der Waals surface area (Å²) in [6, 6.07) is 26.1. The Morgan fingerprint density at radius 2 is 1.60 bits per heavy atom. The third-order valence-electron chi connectivity index (χ3n) is 13.6. The minimum Gasteiger partial charge on any atom is -0.356 e. The predicted octanol–water partition coefficient (Wildman–Crippen LogP) is 8.30. The monoisotopic (exact) mass is 627 g/mol. The van der Waals surface area contributed by atoms with E-state index >= 15 is 0 Å². The third kappa shape index (κ3) is 5.30. The van der Waals surface area contributed by atoms with Crippen molar-refractivity contribution in [3.05, 3.63) is 107 Å². The number of likely N-dealkylation sites (N-methyl/N-ethyl adjacent to an activating group) is 1. The number of rotatable bonds is 4. The van der Waals surface area contributed by atoms with Crippen LogP contribution in [0.4, 0.5) is 11.4 Å². The van der Waals surface area contributed by atoms with Crippen LogP contribution in [0.25, 0.3) is 0 Å². The standard InChI is InChI=1S/C42H49N3O2/c1-41-19-17-37-35(14-16-38-42(37,2)20-18-39(46)45(38)3)36(41)15-13-32(41)26-43-40(47)30-10-6-9-29(25-30)31-21-27-7-4-11-33(23-27)44-34-12-5-8-28(22-31)24-34/h4-12,18,20,23-25,31-32,35-38,44H,13-17,19,21-22,26H2,1-3H3,(H,43,47)/t32-,35+,36+,37+,38-,41-,42-/m1/s1. The van der Waals surface area contributed by atoms with E-state index in [0.717, 1.165) is 42.7 Å². The first kappa shape index (κ1) is 30.5. The van der Waals surface area contributed by atoms with Crippen LogP contribution in [0.3, 0.4) is 0 Å². The van der Waals surface area contributed by atoms with Crippen LogP contribution < -0.4 is 10.6 Å². The summed E-state index contributed by atoms with van der Waals surface area (Å²) < 4.78 is 0. The van der Waals surface area contributed by atoms with Crippen molar-refractivity contribution < 1.29 is 9.59 Å². The van der Waals surface area contributed by atoms with Crippen LogP contribution in [0, 0.1) is 34.5 Å². The van der Waals surface area contributed by atoms with E-state index in [1.165, 1.54) is 48.8 Å². The van der Waals surface area contributed by atoms with Crippen molar-refractivity contribution in [2.45, 2.75) is 77.2 Å². The molecule has 0 unspecified atom stereocenters. The molecular weight excluding hydrogens is 578 g/mol. The molecule has 8 rings (SSSR count). The number of fused-ring (bicyclic) bond motifs is 9. The van der Waals surface area contributed by atoms with Gasteiger partial charge in [0.25, 0.3) is 5.91 Å². The predicted molar refractivity (Wildman–Crippen MR) is 189 cm³/mol.